The number of aliphatic carboxylic acids is 1. The average Bonchev–Trinajstić information content (AvgIpc) is 2.45. The molecule has 20 heavy (non-hydrogen) atoms. The van der Waals surface area contributed by atoms with Crippen molar-refractivity contribution in [2.45, 2.75) is 6.61 Å². The Morgan fingerprint density at radius 1 is 1.30 bits per heavy atom. The van der Waals surface area contributed by atoms with Crippen LogP contribution in [-0.4, -0.2) is 28.7 Å². The number of ether oxygens (including phenoxy) is 1. The second-order valence-electron chi connectivity index (χ2n) is 4.03. The Morgan fingerprint density at radius 2 is 2.00 bits per heavy atom. The first-order valence-electron chi connectivity index (χ1n) is 5.80. The van der Waals surface area contributed by atoms with E-state index in [-0.39, 0.29) is 29.5 Å². The molecule has 1 heterocycles. The number of carboxylic acids is 1. The summed E-state index contributed by atoms with van der Waals surface area (Å²) >= 11 is 4.86. The summed E-state index contributed by atoms with van der Waals surface area (Å²) in [5.74, 6) is -1.94. The number of benzene rings is 1. The Hall–Kier alpha value is -2.41. The van der Waals surface area contributed by atoms with Crippen LogP contribution in [-0.2, 0) is 20.9 Å². The molecule has 0 fully saturated rings. The van der Waals surface area contributed by atoms with Gasteiger partial charge in [0, 0.05) is 0 Å². The summed E-state index contributed by atoms with van der Waals surface area (Å²) in [4.78, 5) is 23.0. The van der Waals surface area contributed by atoms with Gasteiger partial charge in [0.05, 0.1) is 12.1 Å². The van der Waals surface area contributed by atoms with E-state index in [9.17, 15) is 9.59 Å². The molecule has 6 nitrogen and oxygen atoms in total. The van der Waals surface area contributed by atoms with Gasteiger partial charge in [0.25, 0.3) is 0 Å². The number of esters is 1. The zero-order chi connectivity index (χ0) is 14.5. The third kappa shape index (κ3) is 3.33. The summed E-state index contributed by atoms with van der Waals surface area (Å²) in [6.45, 7) is 0.0505. The first kappa shape index (κ1) is 14.0. The maximum absolute atomic E-state index is 11.9. The highest BCUT2D eigenvalue weighted by molar-refractivity contribution is 7.80. The number of nitrogens with one attached hydrogen (secondary N) is 2. The molecular weight excluding hydrogens is 280 g/mol. The Labute approximate surface area is 120 Å². The first-order chi connectivity index (χ1) is 9.58. The van der Waals surface area contributed by atoms with Gasteiger partial charge in [-0.1, -0.05) is 30.3 Å². The van der Waals surface area contributed by atoms with Gasteiger partial charge >= 0.3 is 11.9 Å². The molecule has 1 aromatic rings. The monoisotopic (exact) mass is 292 g/mol. The summed E-state index contributed by atoms with van der Waals surface area (Å²) in [5.41, 5.74) is 0.587. The first-order valence-corrected chi connectivity index (χ1v) is 6.21. The van der Waals surface area contributed by atoms with Crippen molar-refractivity contribution >= 4 is 29.3 Å². The van der Waals surface area contributed by atoms with E-state index in [1.54, 1.807) is 12.1 Å². The Balaban J connectivity index is 2.10. The molecule has 0 saturated heterocycles. The zero-order valence-electron chi connectivity index (χ0n) is 10.4. The van der Waals surface area contributed by atoms with Crippen molar-refractivity contribution in [2.24, 2.45) is 0 Å². The second kappa shape index (κ2) is 6.16. The molecule has 3 N–H and O–H groups in total. The van der Waals surface area contributed by atoms with Crippen LogP contribution in [0.2, 0.25) is 0 Å². The van der Waals surface area contributed by atoms with Crippen molar-refractivity contribution in [1.82, 2.24) is 10.6 Å². The number of carbonyl (C=O) groups is 2. The maximum atomic E-state index is 11.9. The van der Waals surface area contributed by atoms with Gasteiger partial charge in [-0.3, -0.25) is 0 Å². The minimum Gasteiger partial charge on any atom is -0.478 e. The number of hydrogen-bond acceptors (Lipinski definition) is 4. The van der Waals surface area contributed by atoms with Crippen molar-refractivity contribution in [3.05, 3.63) is 47.2 Å². The number of carboxylic acid groups (broad SMARTS) is 1. The highest BCUT2D eigenvalue weighted by Gasteiger charge is 2.26. The molecule has 0 amide bonds. The SMILES string of the molecule is O=C(O)C1=C(C(=O)OCc2ccccc2)NC(=S)NC1. The molecule has 0 aromatic heterocycles. The van der Waals surface area contributed by atoms with Crippen molar-refractivity contribution in [3.8, 4) is 0 Å². The molecule has 0 saturated carbocycles. The third-order valence-corrected chi connectivity index (χ3v) is 2.89. The second-order valence-corrected chi connectivity index (χ2v) is 4.44. The molecule has 104 valence electrons. The Bertz CT molecular complexity index is 583. The Kier molecular flexibility index (Phi) is 4.31. The number of carbonyl (C=O) groups excluding carboxylic acids is 1. The largest absolute Gasteiger partial charge is 0.478 e. The lowest BCUT2D eigenvalue weighted by Gasteiger charge is -2.20. The summed E-state index contributed by atoms with van der Waals surface area (Å²) in [5, 5.41) is 14.4. The normalized spacial score (nSPS) is 14.3. The van der Waals surface area contributed by atoms with E-state index in [1.165, 1.54) is 0 Å². The number of hydrogen-bond donors (Lipinski definition) is 3. The summed E-state index contributed by atoms with van der Waals surface area (Å²) < 4.78 is 5.09. The third-order valence-electron chi connectivity index (χ3n) is 2.64. The molecule has 0 spiro atoms. The van der Waals surface area contributed by atoms with Crippen molar-refractivity contribution < 1.29 is 19.4 Å². The predicted molar refractivity (Wildman–Crippen MR) is 74.6 cm³/mol. The summed E-state index contributed by atoms with van der Waals surface area (Å²) in [6.07, 6.45) is 0. The standard InChI is InChI=1S/C13H12N2O4S/c16-11(17)9-6-14-13(20)15-10(9)12(18)19-7-8-4-2-1-3-5-8/h1-5H,6-7H2,(H,16,17)(H2,14,15,20). The molecule has 2 rings (SSSR count). The van der Waals surface area contributed by atoms with Crippen LogP contribution in [0.3, 0.4) is 0 Å². The van der Waals surface area contributed by atoms with Crippen LogP contribution < -0.4 is 10.6 Å². The van der Waals surface area contributed by atoms with Crippen LogP contribution in [0, 0.1) is 0 Å². The van der Waals surface area contributed by atoms with Gasteiger partial charge in [0.2, 0.25) is 0 Å². The van der Waals surface area contributed by atoms with Gasteiger partial charge in [0.15, 0.2) is 5.11 Å². The lowest BCUT2D eigenvalue weighted by Crippen LogP contribution is -2.45. The molecule has 0 aliphatic carbocycles. The fraction of sp³-hybridized carbons (Fsp3) is 0.154. The van der Waals surface area contributed by atoms with Gasteiger partial charge in [-0.15, -0.1) is 0 Å². The van der Waals surface area contributed by atoms with Crippen molar-refractivity contribution in [3.63, 3.8) is 0 Å². The quantitative estimate of drug-likeness (QED) is 0.551. The van der Waals surface area contributed by atoms with Crippen LogP contribution in [0.25, 0.3) is 0 Å². The van der Waals surface area contributed by atoms with E-state index in [4.69, 9.17) is 22.1 Å². The predicted octanol–water partition coefficient (Wildman–Crippen LogP) is 0.546. The number of rotatable bonds is 4. The van der Waals surface area contributed by atoms with Gasteiger partial charge < -0.3 is 20.5 Å². The average molecular weight is 292 g/mol. The van der Waals surface area contributed by atoms with E-state index in [0.717, 1.165) is 5.56 Å². The Morgan fingerprint density at radius 3 is 2.65 bits per heavy atom. The van der Waals surface area contributed by atoms with Gasteiger partial charge in [-0.2, -0.15) is 0 Å². The van der Waals surface area contributed by atoms with E-state index in [1.807, 2.05) is 18.2 Å². The molecular formula is C13H12N2O4S. The summed E-state index contributed by atoms with van der Waals surface area (Å²) in [7, 11) is 0. The van der Waals surface area contributed by atoms with Crippen LogP contribution in [0.5, 0.6) is 0 Å². The smallest absolute Gasteiger partial charge is 0.355 e. The van der Waals surface area contributed by atoms with Gasteiger partial charge in [0.1, 0.15) is 12.3 Å². The minimum atomic E-state index is -1.20. The summed E-state index contributed by atoms with van der Waals surface area (Å²) in [6, 6.07) is 9.11. The molecule has 0 radical (unpaired) electrons. The lowest BCUT2D eigenvalue weighted by molar-refractivity contribution is -0.141. The molecule has 1 aliphatic heterocycles. The van der Waals surface area contributed by atoms with E-state index >= 15 is 0 Å². The highest BCUT2D eigenvalue weighted by Crippen LogP contribution is 2.10. The molecule has 0 bridgehead atoms. The molecule has 0 atom stereocenters. The van der Waals surface area contributed by atoms with Crippen LogP contribution in [0.4, 0.5) is 0 Å². The van der Waals surface area contributed by atoms with Crippen LogP contribution in [0.15, 0.2) is 41.6 Å². The van der Waals surface area contributed by atoms with Gasteiger partial charge in [-0.05, 0) is 17.8 Å². The van der Waals surface area contributed by atoms with Crippen LogP contribution in [0.1, 0.15) is 5.56 Å². The topological polar surface area (TPSA) is 87.7 Å². The highest BCUT2D eigenvalue weighted by atomic mass is 32.1. The fourth-order valence-electron chi connectivity index (χ4n) is 1.64. The maximum Gasteiger partial charge on any atom is 0.355 e. The molecule has 1 aromatic carbocycles. The van der Waals surface area contributed by atoms with Crippen molar-refractivity contribution in [2.75, 3.05) is 6.54 Å². The number of thiocarbonyl (C=S) groups is 1. The fourth-order valence-corrected chi connectivity index (χ4v) is 1.82. The van der Waals surface area contributed by atoms with Crippen molar-refractivity contribution in [1.29, 1.82) is 0 Å². The molecule has 1 aliphatic rings. The molecule has 0 unspecified atom stereocenters. The minimum absolute atomic E-state index is 0.0169. The van der Waals surface area contributed by atoms with Gasteiger partial charge in [-0.25, -0.2) is 9.59 Å². The van der Waals surface area contributed by atoms with E-state index in [2.05, 4.69) is 10.6 Å². The zero-order valence-corrected chi connectivity index (χ0v) is 11.2. The molecule has 7 heteroatoms. The lowest BCUT2D eigenvalue weighted by atomic mass is 10.1. The van der Waals surface area contributed by atoms with Crippen LogP contribution >= 0.6 is 12.2 Å². The van der Waals surface area contributed by atoms with E-state index < -0.39 is 11.9 Å². The van der Waals surface area contributed by atoms with E-state index in [0.29, 0.717) is 0 Å².